The van der Waals surface area contributed by atoms with E-state index in [9.17, 15) is 9.90 Å². The first-order valence-corrected chi connectivity index (χ1v) is 8.31. The van der Waals surface area contributed by atoms with Crippen molar-refractivity contribution in [1.82, 2.24) is 4.90 Å². The number of anilines is 1. The molecule has 0 heterocycles. The molecule has 24 heavy (non-hydrogen) atoms. The number of aliphatic hydroxyl groups excluding tert-OH is 1. The van der Waals surface area contributed by atoms with Gasteiger partial charge in [0.2, 0.25) is 0 Å². The van der Waals surface area contributed by atoms with E-state index in [0.29, 0.717) is 10.7 Å². The van der Waals surface area contributed by atoms with Gasteiger partial charge >= 0.3 is 6.03 Å². The molecule has 0 fully saturated rings. The Kier molecular flexibility index (Phi) is 6.23. The predicted octanol–water partition coefficient (Wildman–Crippen LogP) is 4.49. The zero-order chi connectivity index (χ0) is 17.7. The van der Waals surface area contributed by atoms with E-state index in [0.717, 1.165) is 11.1 Å². The molecule has 0 bridgehead atoms. The third-order valence-electron chi connectivity index (χ3n) is 4.07. The van der Waals surface area contributed by atoms with Crippen LogP contribution in [0.1, 0.15) is 13.8 Å². The number of hydrogen-bond acceptors (Lipinski definition) is 2. The number of hydrogen-bond donors (Lipinski definition) is 2. The van der Waals surface area contributed by atoms with Crippen molar-refractivity contribution in [2.45, 2.75) is 19.9 Å². The highest BCUT2D eigenvalue weighted by atomic mass is 35.5. The van der Waals surface area contributed by atoms with Crippen LogP contribution in [0.3, 0.4) is 0 Å². The molecule has 5 heteroatoms. The van der Waals surface area contributed by atoms with E-state index >= 15 is 0 Å². The Morgan fingerprint density at radius 1 is 1.17 bits per heavy atom. The Morgan fingerprint density at radius 2 is 1.83 bits per heavy atom. The Labute approximate surface area is 148 Å². The second-order valence-corrected chi connectivity index (χ2v) is 6.56. The van der Waals surface area contributed by atoms with Crippen LogP contribution in [0.2, 0.25) is 5.02 Å². The molecule has 2 amide bonds. The maximum atomic E-state index is 12.4. The lowest BCUT2D eigenvalue weighted by Gasteiger charge is -2.29. The van der Waals surface area contributed by atoms with Crippen LogP contribution in [0.4, 0.5) is 10.5 Å². The highest BCUT2D eigenvalue weighted by Crippen LogP contribution is 2.24. The van der Waals surface area contributed by atoms with Crippen molar-refractivity contribution in [3.8, 4) is 11.1 Å². The number of carbonyl (C=O) groups is 1. The lowest BCUT2D eigenvalue weighted by molar-refractivity contribution is 0.131. The molecule has 2 N–H and O–H groups in total. The fourth-order valence-corrected chi connectivity index (χ4v) is 2.69. The quantitative estimate of drug-likeness (QED) is 0.838. The van der Waals surface area contributed by atoms with Crippen molar-refractivity contribution in [2.24, 2.45) is 5.92 Å². The molecule has 0 aromatic heterocycles. The fourth-order valence-electron chi connectivity index (χ4n) is 2.56. The summed E-state index contributed by atoms with van der Waals surface area (Å²) < 4.78 is 0. The van der Waals surface area contributed by atoms with Gasteiger partial charge in [-0.1, -0.05) is 49.7 Å². The molecule has 1 atom stereocenters. The number of nitrogens with one attached hydrogen (secondary N) is 1. The first-order valence-electron chi connectivity index (χ1n) is 7.93. The fraction of sp³-hybridized carbons (Fsp3) is 0.316. The van der Waals surface area contributed by atoms with E-state index in [2.05, 4.69) is 5.32 Å². The number of carbonyl (C=O) groups excluding carboxylic acids is 1. The minimum absolute atomic E-state index is 0.0631. The summed E-state index contributed by atoms with van der Waals surface area (Å²) in [7, 11) is 1.69. The van der Waals surface area contributed by atoms with Gasteiger partial charge in [0.05, 0.1) is 12.6 Å². The molecule has 0 aliphatic rings. The Bertz CT molecular complexity index is 686. The van der Waals surface area contributed by atoms with Gasteiger partial charge in [0.25, 0.3) is 0 Å². The number of rotatable bonds is 5. The summed E-state index contributed by atoms with van der Waals surface area (Å²) in [6.45, 7) is 3.89. The zero-order valence-corrected chi connectivity index (χ0v) is 14.9. The van der Waals surface area contributed by atoms with Crippen LogP contribution in [0.5, 0.6) is 0 Å². The number of benzene rings is 2. The zero-order valence-electron chi connectivity index (χ0n) is 14.2. The molecular weight excluding hydrogens is 324 g/mol. The Balaban J connectivity index is 2.14. The van der Waals surface area contributed by atoms with Crippen molar-refractivity contribution < 1.29 is 9.90 Å². The van der Waals surface area contributed by atoms with Gasteiger partial charge in [0.15, 0.2) is 0 Å². The van der Waals surface area contributed by atoms with Crippen LogP contribution in [-0.2, 0) is 0 Å². The molecule has 0 radical (unpaired) electrons. The number of amides is 2. The van der Waals surface area contributed by atoms with Crippen molar-refractivity contribution in [2.75, 3.05) is 19.0 Å². The molecular formula is C19H23ClN2O2. The molecule has 2 aromatic carbocycles. The van der Waals surface area contributed by atoms with Crippen LogP contribution in [0.25, 0.3) is 11.1 Å². The molecule has 0 spiro atoms. The number of nitrogens with zero attached hydrogens (tertiary/aromatic N) is 1. The minimum Gasteiger partial charge on any atom is -0.394 e. The van der Waals surface area contributed by atoms with Crippen molar-refractivity contribution in [3.05, 3.63) is 53.6 Å². The average molecular weight is 347 g/mol. The van der Waals surface area contributed by atoms with E-state index < -0.39 is 0 Å². The molecule has 0 aliphatic carbocycles. The highest BCUT2D eigenvalue weighted by molar-refractivity contribution is 6.30. The highest BCUT2D eigenvalue weighted by Gasteiger charge is 2.22. The number of urea groups is 1. The van der Waals surface area contributed by atoms with Gasteiger partial charge in [-0.15, -0.1) is 0 Å². The smallest absolute Gasteiger partial charge is 0.321 e. The molecule has 0 unspecified atom stereocenters. The normalized spacial score (nSPS) is 12.1. The van der Waals surface area contributed by atoms with Gasteiger partial charge in [-0.2, -0.15) is 0 Å². The van der Waals surface area contributed by atoms with Gasteiger partial charge in [-0.25, -0.2) is 4.79 Å². The van der Waals surface area contributed by atoms with Crippen molar-refractivity contribution in [1.29, 1.82) is 0 Å². The summed E-state index contributed by atoms with van der Waals surface area (Å²) in [4.78, 5) is 13.9. The lowest BCUT2D eigenvalue weighted by atomic mass is 10.0. The number of aliphatic hydroxyl groups is 1. The van der Waals surface area contributed by atoms with Gasteiger partial charge in [-0.3, -0.25) is 0 Å². The lowest BCUT2D eigenvalue weighted by Crippen LogP contribution is -2.44. The second kappa shape index (κ2) is 8.18. The van der Waals surface area contributed by atoms with Gasteiger partial charge in [-0.05, 0) is 41.3 Å². The van der Waals surface area contributed by atoms with Crippen LogP contribution >= 0.6 is 11.6 Å². The van der Waals surface area contributed by atoms with Crippen molar-refractivity contribution >= 4 is 23.3 Å². The van der Waals surface area contributed by atoms with Gasteiger partial charge in [0.1, 0.15) is 0 Å². The summed E-state index contributed by atoms with van der Waals surface area (Å²) in [6.07, 6.45) is 0. The standard InChI is InChI=1S/C19H23ClN2O2/c1-13(2)18(12-23)22(3)19(24)21-17-6-4-5-15(11-17)14-7-9-16(20)10-8-14/h4-11,13,18,23H,12H2,1-3H3,(H,21,24)/t18-/m1/s1. The molecule has 2 rings (SSSR count). The van der Waals surface area contributed by atoms with Crippen molar-refractivity contribution in [3.63, 3.8) is 0 Å². The third kappa shape index (κ3) is 4.49. The molecule has 0 saturated heterocycles. The molecule has 0 saturated carbocycles. The molecule has 2 aromatic rings. The maximum absolute atomic E-state index is 12.4. The average Bonchev–Trinajstić information content (AvgIpc) is 2.56. The summed E-state index contributed by atoms with van der Waals surface area (Å²) in [5.74, 6) is 0.172. The van der Waals surface area contributed by atoms with E-state index in [-0.39, 0.29) is 24.6 Å². The summed E-state index contributed by atoms with van der Waals surface area (Å²) >= 11 is 5.92. The van der Waals surface area contributed by atoms with E-state index in [4.69, 9.17) is 11.6 Å². The van der Waals surface area contributed by atoms with E-state index in [1.54, 1.807) is 11.9 Å². The monoisotopic (exact) mass is 346 g/mol. The Hall–Kier alpha value is -2.04. The summed E-state index contributed by atoms with van der Waals surface area (Å²) in [5.41, 5.74) is 2.73. The number of likely N-dealkylation sites (N-methyl/N-ethyl adjacent to an activating group) is 1. The van der Waals surface area contributed by atoms with Crippen LogP contribution < -0.4 is 5.32 Å². The summed E-state index contributed by atoms with van der Waals surface area (Å²) in [6, 6.07) is 14.7. The van der Waals surface area contributed by atoms with Gasteiger partial charge in [0, 0.05) is 17.8 Å². The number of halogens is 1. The Morgan fingerprint density at radius 3 is 2.42 bits per heavy atom. The van der Waals surface area contributed by atoms with E-state index in [1.165, 1.54) is 0 Å². The molecule has 4 nitrogen and oxygen atoms in total. The largest absolute Gasteiger partial charge is 0.394 e. The van der Waals surface area contributed by atoms with E-state index in [1.807, 2.05) is 62.4 Å². The van der Waals surface area contributed by atoms with Gasteiger partial charge < -0.3 is 15.3 Å². The minimum atomic E-state index is -0.240. The first kappa shape index (κ1) is 18.3. The molecule has 0 aliphatic heterocycles. The second-order valence-electron chi connectivity index (χ2n) is 6.12. The third-order valence-corrected chi connectivity index (χ3v) is 4.32. The van der Waals surface area contributed by atoms with Crippen LogP contribution in [0, 0.1) is 5.92 Å². The summed E-state index contributed by atoms with van der Waals surface area (Å²) in [5, 5.41) is 13.0. The maximum Gasteiger partial charge on any atom is 0.321 e. The molecule has 128 valence electrons. The SMILES string of the molecule is CC(C)[C@@H](CO)N(C)C(=O)Nc1cccc(-c2ccc(Cl)cc2)c1. The predicted molar refractivity (Wildman–Crippen MR) is 99.4 cm³/mol. The topological polar surface area (TPSA) is 52.6 Å². The first-order chi connectivity index (χ1) is 11.4. The van der Waals surface area contributed by atoms with Crippen LogP contribution in [-0.4, -0.2) is 35.7 Å². The van der Waals surface area contributed by atoms with Crippen LogP contribution in [0.15, 0.2) is 48.5 Å².